The Morgan fingerprint density at radius 1 is 1.20 bits per heavy atom. The number of hydrogen-bond acceptors (Lipinski definition) is 5. The molecule has 0 aliphatic heterocycles. The lowest BCUT2D eigenvalue weighted by molar-refractivity contribution is 0.572. The number of aliphatic imine (C=N–C) groups is 1. The molecule has 9 heteroatoms. The average molecular weight is 521 g/mol. The van der Waals surface area contributed by atoms with E-state index in [1.54, 1.807) is 6.26 Å². The first kappa shape index (κ1) is 22.3. The number of benzene rings is 1. The van der Waals surface area contributed by atoms with Crippen LogP contribution in [0, 0.1) is 6.92 Å². The van der Waals surface area contributed by atoms with Crippen LogP contribution >= 0.6 is 24.0 Å². The third-order valence-corrected chi connectivity index (χ3v) is 5.26. The van der Waals surface area contributed by atoms with Gasteiger partial charge in [0.15, 0.2) is 11.8 Å². The average Bonchev–Trinajstić information content (AvgIpc) is 3.49. The Kier molecular flexibility index (Phi) is 7.83. The molecule has 30 heavy (non-hydrogen) atoms. The quantitative estimate of drug-likeness (QED) is 0.293. The first-order valence-electron chi connectivity index (χ1n) is 10.1. The highest BCUT2D eigenvalue weighted by molar-refractivity contribution is 14.0. The van der Waals surface area contributed by atoms with Gasteiger partial charge in [-0.25, -0.2) is 9.98 Å². The smallest absolute Gasteiger partial charge is 0.226 e. The molecule has 1 fully saturated rings. The first-order chi connectivity index (χ1) is 14.2. The number of guanidine groups is 1. The number of rotatable bonds is 6. The Hall–Kier alpha value is -2.43. The van der Waals surface area contributed by atoms with Gasteiger partial charge in [0.2, 0.25) is 5.89 Å². The van der Waals surface area contributed by atoms with Crippen molar-refractivity contribution in [3.63, 3.8) is 0 Å². The molecule has 0 spiro atoms. The Labute approximate surface area is 193 Å². The molecular formula is C21H28IN7O. The minimum absolute atomic E-state index is 0. The molecule has 2 heterocycles. The van der Waals surface area contributed by atoms with E-state index in [1.165, 1.54) is 25.7 Å². The van der Waals surface area contributed by atoms with Crippen LogP contribution in [0.5, 0.6) is 0 Å². The lowest BCUT2D eigenvalue weighted by Crippen LogP contribution is -2.42. The van der Waals surface area contributed by atoms with Gasteiger partial charge in [-0.15, -0.1) is 34.2 Å². The Balaban J connectivity index is 0.00000256. The summed E-state index contributed by atoms with van der Waals surface area (Å²) in [6.07, 6.45) is 6.54. The molecule has 8 nitrogen and oxygen atoms in total. The van der Waals surface area contributed by atoms with Crippen LogP contribution < -0.4 is 10.6 Å². The fraction of sp³-hybridized carbons (Fsp3) is 0.429. The van der Waals surface area contributed by atoms with E-state index in [1.807, 2.05) is 48.9 Å². The number of aromatic nitrogens is 4. The zero-order valence-corrected chi connectivity index (χ0v) is 19.7. The summed E-state index contributed by atoms with van der Waals surface area (Å²) in [4.78, 5) is 9.29. The largest absolute Gasteiger partial charge is 0.444 e. The van der Waals surface area contributed by atoms with Gasteiger partial charge in [0.1, 0.15) is 17.8 Å². The fourth-order valence-corrected chi connectivity index (χ4v) is 3.44. The van der Waals surface area contributed by atoms with Crippen LogP contribution in [0.1, 0.15) is 43.0 Å². The maximum absolute atomic E-state index is 5.62. The molecule has 0 amide bonds. The monoisotopic (exact) mass is 521 g/mol. The van der Waals surface area contributed by atoms with E-state index in [0.29, 0.717) is 25.0 Å². The third kappa shape index (κ3) is 5.59. The van der Waals surface area contributed by atoms with Crippen molar-refractivity contribution in [1.82, 2.24) is 30.4 Å². The van der Waals surface area contributed by atoms with Gasteiger partial charge in [0.05, 0.1) is 13.1 Å². The van der Waals surface area contributed by atoms with Gasteiger partial charge in [-0.3, -0.25) is 0 Å². The second kappa shape index (κ2) is 10.6. The molecule has 0 bridgehead atoms. The molecule has 0 saturated heterocycles. The van der Waals surface area contributed by atoms with Gasteiger partial charge < -0.3 is 19.6 Å². The molecule has 0 atom stereocenters. The van der Waals surface area contributed by atoms with Crippen molar-refractivity contribution in [2.75, 3.05) is 0 Å². The van der Waals surface area contributed by atoms with Crippen molar-refractivity contribution in [1.29, 1.82) is 0 Å². The summed E-state index contributed by atoms with van der Waals surface area (Å²) in [5, 5.41) is 15.3. The first-order valence-corrected chi connectivity index (χ1v) is 10.1. The summed E-state index contributed by atoms with van der Waals surface area (Å²) in [7, 11) is 1.97. The molecule has 3 aromatic rings. The summed E-state index contributed by atoms with van der Waals surface area (Å²) in [5.41, 5.74) is 1.76. The van der Waals surface area contributed by atoms with E-state index in [2.05, 4.69) is 25.8 Å². The number of halogens is 1. The number of nitrogens with one attached hydrogen (secondary N) is 2. The standard InChI is InChI=1S/C21H27N7O.HI/c1-15-26-27-19(28(15)2)13-23-21(25-17-10-6-7-11-17)22-12-18-14-29-20(24-18)16-8-4-3-5-9-16;/h3-5,8-9,14,17H,6-7,10-13H2,1-2H3,(H2,22,23,25);1H. The maximum Gasteiger partial charge on any atom is 0.226 e. The van der Waals surface area contributed by atoms with E-state index in [-0.39, 0.29) is 24.0 Å². The predicted octanol–water partition coefficient (Wildman–Crippen LogP) is 3.57. The molecule has 1 aromatic carbocycles. The van der Waals surface area contributed by atoms with Gasteiger partial charge in [0, 0.05) is 18.7 Å². The van der Waals surface area contributed by atoms with E-state index < -0.39 is 0 Å². The van der Waals surface area contributed by atoms with E-state index >= 15 is 0 Å². The number of oxazole rings is 1. The van der Waals surface area contributed by atoms with Gasteiger partial charge in [0.25, 0.3) is 0 Å². The topological polar surface area (TPSA) is 93.2 Å². The van der Waals surface area contributed by atoms with Crippen molar-refractivity contribution in [3.05, 3.63) is 53.9 Å². The Morgan fingerprint density at radius 2 is 1.97 bits per heavy atom. The predicted molar refractivity (Wildman–Crippen MR) is 126 cm³/mol. The van der Waals surface area contributed by atoms with Crippen LogP contribution in [0.25, 0.3) is 11.5 Å². The summed E-state index contributed by atoms with van der Waals surface area (Å²) >= 11 is 0. The lowest BCUT2D eigenvalue weighted by atomic mass is 10.2. The normalized spacial score (nSPS) is 14.5. The van der Waals surface area contributed by atoms with Crippen LogP contribution in [0.4, 0.5) is 0 Å². The zero-order valence-electron chi connectivity index (χ0n) is 17.3. The SMILES string of the molecule is Cc1nnc(CNC(=NCc2coc(-c3ccccc3)n2)NC2CCCC2)n1C.I. The van der Waals surface area contributed by atoms with Gasteiger partial charge in [-0.1, -0.05) is 31.0 Å². The van der Waals surface area contributed by atoms with Crippen LogP contribution in [0.2, 0.25) is 0 Å². The highest BCUT2D eigenvalue weighted by Crippen LogP contribution is 2.19. The number of nitrogens with zero attached hydrogens (tertiary/aromatic N) is 5. The van der Waals surface area contributed by atoms with E-state index in [0.717, 1.165) is 28.9 Å². The molecule has 2 aromatic heterocycles. The van der Waals surface area contributed by atoms with Crippen molar-refractivity contribution in [3.8, 4) is 11.5 Å². The van der Waals surface area contributed by atoms with E-state index in [9.17, 15) is 0 Å². The minimum Gasteiger partial charge on any atom is -0.444 e. The molecule has 1 saturated carbocycles. The van der Waals surface area contributed by atoms with Crippen molar-refractivity contribution in [2.24, 2.45) is 12.0 Å². The molecule has 1 aliphatic rings. The van der Waals surface area contributed by atoms with Gasteiger partial charge >= 0.3 is 0 Å². The Bertz CT molecular complexity index is 961. The molecule has 0 unspecified atom stereocenters. The van der Waals surface area contributed by atoms with E-state index in [4.69, 9.17) is 9.41 Å². The summed E-state index contributed by atoms with van der Waals surface area (Å²) in [6, 6.07) is 10.3. The van der Waals surface area contributed by atoms with Crippen LogP contribution in [0.3, 0.4) is 0 Å². The van der Waals surface area contributed by atoms with Crippen molar-refractivity contribution in [2.45, 2.75) is 51.7 Å². The Morgan fingerprint density at radius 3 is 2.67 bits per heavy atom. The van der Waals surface area contributed by atoms with Crippen LogP contribution in [0.15, 0.2) is 46.0 Å². The molecular weight excluding hydrogens is 493 g/mol. The fourth-order valence-electron chi connectivity index (χ4n) is 3.44. The van der Waals surface area contributed by atoms with Crippen LogP contribution in [-0.4, -0.2) is 31.7 Å². The zero-order chi connectivity index (χ0) is 20.1. The minimum atomic E-state index is 0. The molecule has 160 valence electrons. The molecule has 4 rings (SSSR count). The van der Waals surface area contributed by atoms with Crippen molar-refractivity contribution < 1.29 is 4.42 Å². The maximum atomic E-state index is 5.62. The summed E-state index contributed by atoms with van der Waals surface area (Å²) in [5.74, 6) is 3.14. The highest BCUT2D eigenvalue weighted by Gasteiger charge is 2.17. The third-order valence-electron chi connectivity index (χ3n) is 5.26. The summed E-state index contributed by atoms with van der Waals surface area (Å²) < 4.78 is 7.60. The molecule has 2 N–H and O–H groups in total. The highest BCUT2D eigenvalue weighted by atomic mass is 127. The number of hydrogen-bond donors (Lipinski definition) is 2. The molecule has 1 aliphatic carbocycles. The number of aryl methyl sites for hydroxylation is 1. The van der Waals surface area contributed by atoms with Gasteiger partial charge in [-0.2, -0.15) is 0 Å². The molecule has 0 radical (unpaired) electrons. The van der Waals surface area contributed by atoms with Gasteiger partial charge in [-0.05, 0) is 31.9 Å². The van der Waals surface area contributed by atoms with Crippen LogP contribution in [-0.2, 0) is 20.1 Å². The second-order valence-corrected chi connectivity index (χ2v) is 7.38. The summed E-state index contributed by atoms with van der Waals surface area (Å²) in [6.45, 7) is 2.94. The second-order valence-electron chi connectivity index (χ2n) is 7.38. The van der Waals surface area contributed by atoms with Crippen molar-refractivity contribution >= 4 is 29.9 Å². The lowest BCUT2D eigenvalue weighted by Gasteiger charge is -2.17.